The lowest BCUT2D eigenvalue weighted by Crippen LogP contribution is -2.49. The Labute approximate surface area is 286 Å². The maximum atomic E-state index is 12.9. The highest BCUT2D eigenvalue weighted by Gasteiger charge is 2.28. The third kappa shape index (κ3) is 21.0. The molecule has 1 aliphatic rings. The standard InChI is InChI=1S/C30H54N5O13P/c1-22(4-7-27(38)39)21-49(46,47)48-17-8-23(29(42)43)18-24(36)5-6-25(30(44)45)31-26(37)19-34-13-11-32(2)9-10-33(3)12-14-35(16-15-34)20-28(40)41/h22-23,25H,4-21H2,1-3H3,(H,31,37)(H,38,39)(H,40,41)(H,42,43)(H,44,45)(H,46,47)/t22?,23?,25-/m1/s1. The molecular formula is C30H54N5O13P. The van der Waals surface area contributed by atoms with Gasteiger partial charge >= 0.3 is 31.5 Å². The zero-order valence-corrected chi connectivity index (χ0v) is 29.6. The number of amides is 1. The molecule has 1 amide bonds. The van der Waals surface area contributed by atoms with Crippen molar-refractivity contribution < 1.29 is 63.2 Å². The van der Waals surface area contributed by atoms with Crippen LogP contribution >= 0.6 is 7.60 Å². The van der Waals surface area contributed by atoms with E-state index < -0.39 is 74.1 Å². The van der Waals surface area contributed by atoms with Gasteiger partial charge in [0, 0.05) is 71.6 Å². The first-order valence-corrected chi connectivity index (χ1v) is 18.1. The van der Waals surface area contributed by atoms with Gasteiger partial charge in [0.05, 0.1) is 31.8 Å². The van der Waals surface area contributed by atoms with Crippen LogP contribution in [0.2, 0.25) is 0 Å². The number of carbonyl (C=O) groups excluding carboxylic acids is 2. The van der Waals surface area contributed by atoms with Crippen LogP contribution in [0.15, 0.2) is 0 Å². The van der Waals surface area contributed by atoms with Crippen LogP contribution < -0.4 is 5.32 Å². The molecule has 282 valence electrons. The summed E-state index contributed by atoms with van der Waals surface area (Å²) in [6.45, 7) is 5.42. The lowest BCUT2D eigenvalue weighted by Gasteiger charge is -2.31. The summed E-state index contributed by atoms with van der Waals surface area (Å²) < 4.78 is 17.3. The SMILES string of the molecule is CC(CCC(=O)O)CP(=O)(O)OCCC(CC(=O)CC[C@@H](NC(=O)CN1CCN(C)CCN(C)CCN(CC(=O)O)CC1)C(=O)O)C(=O)O. The van der Waals surface area contributed by atoms with E-state index in [1.807, 2.05) is 19.0 Å². The Balaban J connectivity index is 2.69. The number of nitrogens with zero attached hydrogens (tertiary/aromatic N) is 4. The molecule has 19 heteroatoms. The summed E-state index contributed by atoms with van der Waals surface area (Å²) >= 11 is 0. The van der Waals surface area contributed by atoms with E-state index in [1.54, 1.807) is 11.8 Å². The van der Waals surface area contributed by atoms with Gasteiger partial charge < -0.3 is 45.0 Å². The Morgan fingerprint density at radius 2 is 1.27 bits per heavy atom. The van der Waals surface area contributed by atoms with Crippen LogP contribution in [-0.2, 0) is 37.9 Å². The number of aliphatic carboxylic acids is 4. The average Bonchev–Trinajstić information content (AvgIpc) is 2.98. The predicted molar refractivity (Wildman–Crippen MR) is 176 cm³/mol. The molecule has 0 aliphatic carbocycles. The molecule has 0 saturated carbocycles. The molecule has 1 rings (SSSR count). The summed E-state index contributed by atoms with van der Waals surface area (Å²) in [6.07, 6.45) is -1.70. The Bertz CT molecular complexity index is 1160. The highest BCUT2D eigenvalue weighted by atomic mass is 31.2. The lowest BCUT2D eigenvalue weighted by molar-refractivity contribution is -0.145. The van der Waals surface area contributed by atoms with Crippen molar-refractivity contribution in [3.63, 3.8) is 0 Å². The zero-order chi connectivity index (χ0) is 37.1. The molecule has 1 heterocycles. The second-order valence-electron chi connectivity index (χ2n) is 12.8. The van der Waals surface area contributed by atoms with Crippen LogP contribution in [0.3, 0.4) is 0 Å². The van der Waals surface area contributed by atoms with E-state index >= 15 is 0 Å². The molecule has 49 heavy (non-hydrogen) atoms. The number of nitrogens with one attached hydrogen (secondary N) is 1. The van der Waals surface area contributed by atoms with Gasteiger partial charge in [-0.05, 0) is 39.3 Å². The largest absolute Gasteiger partial charge is 0.481 e. The monoisotopic (exact) mass is 723 g/mol. The number of carbonyl (C=O) groups is 6. The number of ketones is 1. The second kappa shape index (κ2) is 22.7. The molecule has 4 atom stereocenters. The molecule has 0 aromatic carbocycles. The molecule has 1 fully saturated rings. The molecule has 0 radical (unpaired) electrons. The van der Waals surface area contributed by atoms with Crippen LogP contribution in [-0.4, -0.2) is 179 Å². The van der Waals surface area contributed by atoms with Gasteiger partial charge in [-0.3, -0.25) is 38.3 Å². The normalized spacial score (nSPS) is 19.3. The Morgan fingerprint density at radius 3 is 1.78 bits per heavy atom. The molecular weight excluding hydrogens is 669 g/mol. The van der Waals surface area contributed by atoms with Gasteiger partial charge in [-0.1, -0.05) is 6.92 Å². The molecule has 0 aromatic heterocycles. The summed E-state index contributed by atoms with van der Waals surface area (Å²) in [6, 6.07) is -1.42. The Hall–Kier alpha value is -2.99. The molecule has 0 bridgehead atoms. The number of hydrogen-bond donors (Lipinski definition) is 6. The van der Waals surface area contributed by atoms with E-state index in [9.17, 15) is 53.5 Å². The first-order valence-electron chi connectivity index (χ1n) is 16.3. The number of carboxylic acids is 4. The van der Waals surface area contributed by atoms with E-state index in [4.69, 9.17) is 9.63 Å². The number of carboxylic acid groups (broad SMARTS) is 4. The number of likely N-dealkylation sites (N-methyl/N-ethyl adjacent to an activating group) is 2. The summed E-state index contributed by atoms with van der Waals surface area (Å²) in [4.78, 5) is 89.2. The summed E-state index contributed by atoms with van der Waals surface area (Å²) in [5.74, 6) is -7.57. The van der Waals surface area contributed by atoms with Crippen molar-refractivity contribution in [2.45, 2.75) is 51.5 Å². The minimum absolute atomic E-state index is 0.152. The van der Waals surface area contributed by atoms with Gasteiger partial charge in [-0.2, -0.15) is 0 Å². The zero-order valence-electron chi connectivity index (χ0n) is 28.7. The highest BCUT2D eigenvalue weighted by molar-refractivity contribution is 7.52. The van der Waals surface area contributed by atoms with Gasteiger partial charge in [-0.25, -0.2) is 4.79 Å². The third-order valence-electron chi connectivity index (χ3n) is 8.24. The predicted octanol–water partition coefficient (Wildman–Crippen LogP) is -0.345. The number of hydrogen-bond acceptors (Lipinski definition) is 12. The van der Waals surface area contributed by atoms with Crippen LogP contribution in [0.4, 0.5) is 0 Å². The van der Waals surface area contributed by atoms with E-state index in [0.29, 0.717) is 39.3 Å². The minimum Gasteiger partial charge on any atom is -0.481 e. The molecule has 0 aromatic rings. The Morgan fingerprint density at radius 1 is 0.735 bits per heavy atom. The van der Waals surface area contributed by atoms with Gasteiger partial charge in [-0.15, -0.1) is 0 Å². The summed E-state index contributed by atoms with van der Waals surface area (Å²) in [5, 5.41) is 39.8. The van der Waals surface area contributed by atoms with Crippen molar-refractivity contribution in [3.05, 3.63) is 0 Å². The van der Waals surface area contributed by atoms with E-state index in [-0.39, 0.29) is 51.4 Å². The molecule has 0 spiro atoms. The van der Waals surface area contributed by atoms with Gasteiger partial charge in [0.25, 0.3) is 0 Å². The summed E-state index contributed by atoms with van der Waals surface area (Å²) in [5.41, 5.74) is 0. The minimum atomic E-state index is -4.13. The second-order valence-corrected chi connectivity index (χ2v) is 14.7. The number of Topliss-reactive ketones (excluding diaryl/α,β-unsaturated/α-hetero) is 1. The topological polar surface area (TPSA) is 255 Å². The fourth-order valence-electron chi connectivity index (χ4n) is 5.14. The molecule has 18 nitrogen and oxygen atoms in total. The van der Waals surface area contributed by atoms with Crippen molar-refractivity contribution in [3.8, 4) is 0 Å². The van der Waals surface area contributed by atoms with Gasteiger partial charge in [0.1, 0.15) is 11.8 Å². The Kier molecular flexibility index (Phi) is 20.4. The van der Waals surface area contributed by atoms with Crippen LogP contribution in [0, 0.1) is 11.8 Å². The molecule has 1 saturated heterocycles. The number of rotatable bonds is 21. The molecule has 6 N–H and O–H groups in total. The fourth-order valence-corrected chi connectivity index (χ4v) is 6.61. The summed E-state index contributed by atoms with van der Waals surface area (Å²) in [7, 11) is -0.208. The van der Waals surface area contributed by atoms with E-state index in [0.717, 1.165) is 13.1 Å². The van der Waals surface area contributed by atoms with Crippen molar-refractivity contribution in [1.82, 2.24) is 24.9 Å². The van der Waals surface area contributed by atoms with Crippen molar-refractivity contribution in [1.29, 1.82) is 0 Å². The first-order chi connectivity index (χ1) is 22.9. The fraction of sp³-hybridized carbons (Fsp3) is 0.800. The van der Waals surface area contributed by atoms with Crippen LogP contribution in [0.25, 0.3) is 0 Å². The molecule has 1 aliphatic heterocycles. The van der Waals surface area contributed by atoms with Gasteiger partial charge in [0.2, 0.25) is 5.91 Å². The first kappa shape index (κ1) is 44.0. The van der Waals surface area contributed by atoms with E-state index in [2.05, 4.69) is 15.1 Å². The van der Waals surface area contributed by atoms with Gasteiger partial charge in [0.15, 0.2) is 0 Å². The smallest absolute Gasteiger partial charge is 0.328 e. The molecule has 3 unspecified atom stereocenters. The van der Waals surface area contributed by atoms with Crippen LogP contribution in [0.5, 0.6) is 0 Å². The van der Waals surface area contributed by atoms with Crippen LogP contribution in [0.1, 0.15) is 45.4 Å². The van der Waals surface area contributed by atoms with Crippen molar-refractivity contribution in [2.24, 2.45) is 11.8 Å². The maximum Gasteiger partial charge on any atom is 0.328 e. The van der Waals surface area contributed by atoms with Crippen molar-refractivity contribution in [2.75, 3.05) is 92.3 Å². The lowest BCUT2D eigenvalue weighted by atomic mass is 9.96. The average molecular weight is 724 g/mol. The van der Waals surface area contributed by atoms with E-state index in [1.165, 1.54) is 0 Å². The maximum absolute atomic E-state index is 12.9. The highest BCUT2D eigenvalue weighted by Crippen LogP contribution is 2.44. The van der Waals surface area contributed by atoms with Crippen molar-refractivity contribution >= 4 is 43.2 Å². The quantitative estimate of drug-likeness (QED) is 0.0828. The third-order valence-corrected chi connectivity index (χ3v) is 9.91.